The van der Waals surface area contributed by atoms with Crippen LogP contribution < -0.4 is 5.73 Å². The third kappa shape index (κ3) is 3.00. The first-order valence-electron chi connectivity index (χ1n) is 4.84. The van der Waals surface area contributed by atoms with E-state index in [4.69, 9.17) is 10.5 Å². The second-order valence-electron chi connectivity index (χ2n) is 3.72. The summed E-state index contributed by atoms with van der Waals surface area (Å²) >= 11 is 0. The number of ether oxygens (including phenoxy) is 1. The van der Waals surface area contributed by atoms with Crippen LogP contribution in [0, 0.1) is 5.92 Å². The lowest BCUT2D eigenvalue weighted by atomic mass is 10.0. The van der Waals surface area contributed by atoms with Crippen LogP contribution in [-0.2, 0) is 9.53 Å². The summed E-state index contributed by atoms with van der Waals surface area (Å²) in [6.45, 7) is 6.06. The Balaban J connectivity index is 2.25. The van der Waals surface area contributed by atoms with E-state index in [1.165, 1.54) is 0 Å². The number of hydrogen-bond acceptors (Lipinski definition) is 3. The van der Waals surface area contributed by atoms with Crippen molar-refractivity contribution in [2.75, 3.05) is 6.61 Å². The molecule has 2 N–H and O–H groups in total. The lowest BCUT2D eigenvalue weighted by Gasteiger charge is -2.14. The van der Waals surface area contributed by atoms with Crippen molar-refractivity contribution in [3.63, 3.8) is 0 Å². The predicted molar refractivity (Wildman–Crippen MR) is 55.6 cm³/mol. The van der Waals surface area contributed by atoms with Crippen LogP contribution in [0.5, 0.6) is 0 Å². The van der Waals surface area contributed by atoms with Gasteiger partial charge >= 0.3 is 5.97 Å². The smallest absolute Gasteiger partial charge is 0.311 e. The molecule has 78 valence electrons. The maximum absolute atomic E-state index is 11.5. The Hall–Kier alpha value is -1.09. The molecule has 0 spiro atoms. The van der Waals surface area contributed by atoms with Crippen molar-refractivity contribution in [3.05, 3.63) is 24.3 Å². The second kappa shape index (κ2) is 4.96. The highest BCUT2D eigenvalue weighted by Gasteiger charge is 2.27. The molecule has 0 saturated carbocycles. The molecule has 0 aromatic heterocycles. The van der Waals surface area contributed by atoms with Gasteiger partial charge in [0.05, 0.1) is 12.5 Å². The largest absolute Gasteiger partial charge is 0.465 e. The van der Waals surface area contributed by atoms with Gasteiger partial charge in [0, 0.05) is 12.5 Å². The molecule has 0 saturated heterocycles. The molecule has 3 nitrogen and oxygen atoms in total. The predicted octanol–water partition coefficient (Wildman–Crippen LogP) is 1.40. The van der Waals surface area contributed by atoms with Crippen LogP contribution in [0.4, 0.5) is 0 Å². The third-order valence-electron chi connectivity index (χ3n) is 2.29. The SMILES string of the molecule is C=C(C)CCOC(=O)C1CC=CC1N. The highest BCUT2D eigenvalue weighted by molar-refractivity contribution is 5.74. The first-order chi connectivity index (χ1) is 6.61. The van der Waals surface area contributed by atoms with E-state index in [1.54, 1.807) is 0 Å². The molecular formula is C11H17NO2. The number of carbonyl (C=O) groups excluding carboxylic acids is 1. The lowest BCUT2D eigenvalue weighted by Crippen LogP contribution is -2.32. The van der Waals surface area contributed by atoms with Gasteiger partial charge in [0.15, 0.2) is 0 Å². The summed E-state index contributed by atoms with van der Waals surface area (Å²) in [6, 6.07) is -0.174. The molecular weight excluding hydrogens is 178 g/mol. The van der Waals surface area contributed by atoms with Gasteiger partial charge in [0.1, 0.15) is 0 Å². The zero-order valence-electron chi connectivity index (χ0n) is 8.53. The van der Waals surface area contributed by atoms with Crippen molar-refractivity contribution < 1.29 is 9.53 Å². The van der Waals surface area contributed by atoms with E-state index in [9.17, 15) is 4.79 Å². The number of carbonyl (C=O) groups is 1. The summed E-state index contributed by atoms with van der Waals surface area (Å²) < 4.78 is 5.09. The van der Waals surface area contributed by atoms with E-state index < -0.39 is 0 Å². The first kappa shape index (κ1) is 11.0. The summed E-state index contributed by atoms with van der Waals surface area (Å²) in [5.74, 6) is -0.371. The highest BCUT2D eigenvalue weighted by atomic mass is 16.5. The molecule has 1 aliphatic carbocycles. The number of esters is 1. The van der Waals surface area contributed by atoms with Crippen LogP contribution >= 0.6 is 0 Å². The van der Waals surface area contributed by atoms with Gasteiger partial charge in [-0.05, 0) is 13.3 Å². The van der Waals surface area contributed by atoms with Crippen LogP contribution in [0.2, 0.25) is 0 Å². The first-order valence-corrected chi connectivity index (χ1v) is 4.84. The maximum atomic E-state index is 11.5. The van der Waals surface area contributed by atoms with E-state index in [0.717, 1.165) is 12.0 Å². The van der Waals surface area contributed by atoms with Crippen LogP contribution in [0.3, 0.4) is 0 Å². The molecule has 1 rings (SSSR count). The summed E-state index contributed by atoms with van der Waals surface area (Å²) in [4.78, 5) is 11.5. The van der Waals surface area contributed by atoms with Gasteiger partial charge in [-0.1, -0.05) is 17.7 Å². The summed E-state index contributed by atoms with van der Waals surface area (Å²) in [6.07, 6.45) is 5.20. The molecule has 1 aliphatic rings. The number of nitrogens with two attached hydrogens (primary N) is 1. The van der Waals surface area contributed by atoms with E-state index >= 15 is 0 Å². The van der Waals surface area contributed by atoms with Crippen molar-refractivity contribution >= 4 is 5.97 Å². The molecule has 0 aromatic carbocycles. The fourth-order valence-corrected chi connectivity index (χ4v) is 1.36. The minimum Gasteiger partial charge on any atom is -0.465 e. The van der Waals surface area contributed by atoms with Crippen LogP contribution in [0.1, 0.15) is 19.8 Å². The summed E-state index contributed by atoms with van der Waals surface area (Å²) in [5, 5.41) is 0. The van der Waals surface area contributed by atoms with E-state index in [1.807, 2.05) is 19.1 Å². The van der Waals surface area contributed by atoms with Gasteiger partial charge in [0.2, 0.25) is 0 Å². The standard InChI is InChI=1S/C11H17NO2/c1-8(2)6-7-14-11(13)9-4-3-5-10(9)12/h3,5,9-10H,1,4,6-7,12H2,2H3. The van der Waals surface area contributed by atoms with Gasteiger partial charge in [-0.15, -0.1) is 6.58 Å². The summed E-state index contributed by atoms with van der Waals surface area (Å²) in [7, 11) is 0. The average Bonchev–Trinajstić information content (AvgIpc) is 2.50. The van der Waals surface area contributed by atoms with Gasteiger partial charge < -0.3 is 10.5 Å². The van der Waals surface area contributed by atoms with Crippen molar-refractivity contribution in [3.8, 4) is 0 Å². The van der Waals surface area contributed by atoms with Crippen LogP contribution in [0.25, 0.3) is 0 Å². The summed E-state index contributed by atoms with van der Waals surface area (Å²) in [5.41, 5.74) is 6.73. The number of allylic oxidation sites excluding steroid dienone is 1. The Morgan fingerprint density at radius 2 is 2.43 bits per heavy atom. The molecule has 2 unspecified atom stereocenters. The molecule has 0 amide bonds. The number of rotatable bonds is 4. The quantitative estimate of drug-likeness (QED) is 0.545. The Labute approximate surface area is 84.6 Å². The fourth-order valence-electron chi connectivity index (χ4n) is 1.36. The van der Waals surface area contributed by atoms with Crippen molar-refractivity contribution in [1.29, 1.82) is 0 Å². The molecule has 0 radical (unpaired) electrons. The molecule has 14 heavy (non-hydrogen) atoms. The van der Waals surface area contributed by atoms with Crippen molar-refractivity contribution in [1.82, 2.24) is 0 Å². The minimum atomic E-state index is -0.191. The molecule has 3 heteroatoms. The van der Waals surface area contributed by atoms with Crippen LogP contribution in [0.15, 0.2) is 24.3 Å². The van der Waals surface area contributed by atoms with Gasteiger partial charge in [-0.3, -0.25) is 4.79 Å². The molecule has 0 bridgehead atoms. The molecule has 0 fully saturated rings. The minimum absolute atomic E-state index is 0.174. The molecule has 2 atom stereocenters. The van der Waals surface area contributed by atoms with Crippen molar-refractivity contribution in [2.24, 2.45) is 11.7 Å². The zero-order chi connectivity index (χ0) is 10.6. The lowest BCUT2D eigenvalue weighted by molar-refractivity contribution is -0.148. The number of hydrogen-bond donors (Lipinski definition) is 1. The fraction of sp³-hybridized carbons (Fsp3) is 0.545. The van der Waals surface area contributed by atoms with E-state index in [-0.39, 0.29) is 17.9 Å². The topological polar surface area (TPSA) is 52.3 Å². The average molecular weight is 195 g/mol. The van der Waals surface area contributed by atoms with Crippen molar-refractivity contribution in [2.45, 2.75) is 25.8 Å². The molecule has 0 aromatic rings. The maximum Gasteiger partial charge on any atom is 0.311 e. The highest BCUT2D eigenvalue weighted by Crippen LogP contribution is 2.18. The Morgan fingerprint density at radius 1 is 1.71 bits per heavy atom. The Kier molecular flexibility index (Phi) is 3.89. The second-order valence-corrected chi connectivity index (χ2v) is 3.72. The van der Waals surface area contributed by atoms with Gasteiger partial charge in [0.25, 0.3) is 0 Å². The Bertz CT molecular complexity index is 258. The van der Waals surface area contributed by atoms with Gasteiger partial charge in [-0.2, -0.15) is 0 Å². The Morgan fingerprint density at radius 3 is 2.93 bits per heavy atom. The monoisotopic (exact) mass is 195 g/mol. The molecule has 0 heterocycles. The molecule has 0 aliphatic heterocycles. The van der Waals surface area contributed by atoms with Gasteiger partial charge in [-0.25, -0.2) is 0 Å². The zero-order valence-corrected chi connectivity index (χ0v) is 8.53. The van der Waals surface area contributed by atoms with E-state index in [0.29, 0.717) is 13.0 Å². The van der Waals surface area contributed by atoms with Crippen LogP contribution in [-0.4, -0.2) is 18.6 Å². The van der Waals surface area contributed by atoms with E-state index in [2.05, 4.69) is 6.58 Å². The normalized spacial score (nSPS) is 25.0. The third-order valence-corrected chi connectivity index (χ3v) is 2.29.